The Labute approximate surface area is 117 Å². The Morgan fingerprint density at radius 2 is 2.40 bits per heavy atom. The van der Waals surface area contributed by atoms with Gasteiger partial charge in [0, 0.05) is 12.6 Å². The molecule has 3 N–H and O–H groups in total. The van der Waals surface area contributed by atoms with Crippen LogP contribution in [0.2, 0.25) is 0 Å². The second-order valence-electron chi connectivity index (χ2n) is 4.75. The summed E-state index contributed by atoms with van der Waals surface area (Å²) in [6.07, 6.45) is 4.27. The fourth-order valence-corrected chi connectivity index (χ4v) is 2.46. The first-order valence-corrected chi connectivity index (χ1v) is 8.19. The summed E-state index contributed by atoms with van der Waals surface area (Å²) in [5, 5.41) is 13.8. The number of sulfonamides is 1. The summed E-state index contributed by atoms with van der Waals surface area (Å²) in [6.45, 7) is 1.70. The van der Waals surface area contributed by atoms with Gasteiger partial charge in [0.2, 0.25) is 15.9 Å². The van der Waals surface area contributed by atoms with Crippen molar-refractivity contribution in [3.63, 3.8) is 0 Å². The topological polar surface area (TPSA) is 118 Å². The van der Waals surface area contributed by atoms with Crippen LogP contribution in [-0.2, 0) is 21.4 Å². The molecular formula is C10H18N6O3S. The zero-order valence-corrected chi connectivity index (χ0v) is 12.0. The largest absolute Gasteiger partial charge is 0.350 e. The van der Waals surface area contributed by atoms with Crippen molar-refractivity contribution in [3.8, 4) is 0 Å². The summed E-state index contributed by atoms with van der Waals surface area (Å²) in [5.74, 6) is -0.0974. The molecule has 112 valence electrons. The quantitative estimate of drug-likeness (QED) is 0.610. The number of anilines is 1. The standard InChI is InChI=1S/C10H18N6O3S/c1-20(18,19)15-9-6-12-16(14-9)7-10(17)13-8-3-2-4-11-5-8/h6,8,11H,2-5,7H2,1H3,(H,13,17)(H,14,15). The van der Waals surface area contributed by atoms with Gasteiger partial charge in [-0.05, 0) is 19.4 Å². The summed E-state index contributed by atoms with van der Waals surface area (Å²) in [6, 6.07) is 0.125. The molecule has 1 aromatic heterocycles. The van der Waals surface area contributed by atoms with E-state index in [0.29, 0.717) is 0 Å². The summed E-state index contributed by atoms with van der Waals surface area (Å²) in [5.41, 5.74) is 0. The van der Waals surface area contributed by atoms with Crippen LogP contribution >= 0.6 is 0 Å². The van der Waals surface area contributed by atoms with Gasteiger partial charge < -0.3 is 10.6 Å². The Balaban J connectivity index is 1.85. The molecule has 1 atom stereocenters. The second-order valence-corrected chi connectivity index (χ2v) is 6.49. The first-order valence-electron chi connectivity index (χ1n) is 6.30. The van der Waals surface area contributed by atoms with E-state index in [1.54, 1.807) is 0 Å². The molecule has 0 aromatic carbocycles. The molecule has 2 rings (SSSR count). The van der Waals surface area contributed by atoms with E-state index in [2.05, 4.69) is 25.6 Å². The van der Waals surface area contributed by atoms with Crippen LogP contribution in [0.3, 0.4) is 0 Å². The minimum atomic E-state index is -3.39. The average molecular weight is 302 g/mol. The van der Waals surface area contributed by atoms with Gasteiger partial charge in [0.15, 0.2) is 5.82 Å². The van der Waals surface area contributed by atoms with Gasteiger partial charge in [-0.3, -0.25) is 9.52 Å². The molecule has 1 aromatic rings. The van der Waals surface area contributed by atoms with Gasteiger partial charge in [-0.1, -0.05) is 0 Å². The summed E-state index contributed by atoms with van der Waals surface area (Å²) in [4.78, 5) is 12.9. The minimum absolute atomic E-state index is 0.0397. The lowest BCUT2D eigenvalue weighted by atomic mass is 10.1. The number of piperidine rings is 1. The maximum Gasteiger partial charge on any atom is 0.243 e. The van der Waals surface area contributed by atoms with E-state index in [1.807, 2.05) is 0 Å². The van der Waals surface area contributed by atoms with Gasteiger partial charge in [0.1, 0.15) is 6.54 Å². The summed E-state index contributed by atoms with van der Waals surface area (Å²) >= 11 is 0. The van der Waals surface area contributed by atoms with Crippen molar-refractivity contribution in [2.45, 2.75) is 25.4 Å². The number of rotatable bonds is 5. The molecule has 0 saturated carbocycles. The molecule has 1 saturated heterocycles. The molecule has 1 aliphatic rings. The SMILES string of the molecule is CS(=O)(=O)Nc1cnn(CC(=O)NC2CCCNC2)n1. The molecule has 1 aliphatic heterocycles. The highest BCUT2D eigenvalue weighted by Gasteiger charge is 2.16. The maximum atomic E-state index is 11.8. The average Bonchev–Trinajstić information content (AvgIpc) is 2.75. The van der Waals surface area contributed by atoms with Gasteiger partial charge >= 0.3 is 0 Å². The summed E-state index contributed by atoms with van der Waals surface area (Å²) in [7, 11) is -3.39. The van der Waals surface area contributed by atoms with Crippen LogP contribution in [0.1, 0.15) is 12.8 Å². The summed E-state index contributed by atoms with van der Waals surface area (Å²) < 4.78 is 24.2. The van der Waals surface area contributed by atoms with Crippen molar-refractivity contribution in [1.82, 2.24) is 25.6 Å². The number of carbonyl (C=O) groups is 1. The predicted molar refractivity (Wildman–Crippen MR) is 72.5 cm³/mol. The third kappa shape index (κ3) is 4.78. The van der Waals surface area contributed by atoms with E-state index >= 15 is 0 Å². The van der Waals surface area contributed by atoms with E-state index in [4.69, 9.17) is 0 Å². The maximum absolute atomic E-state index is 11.8. The third-order valence-electron chi connectivity index (χ3n) is 2.77. The molecule has 0 radical (unpaired) electrons. The first-order chi connectivity index (χ1) is 9.42. The first kappa shape index (κ1) is 14.7. The van der Waals surface area contributed by atoms with Gasteiger partial charge in [0.25, 0.3) is 0 Å². The van der Waals surface area contributed by atoms with E-state index in [0.717, 1.165) is 37.0 Å². The van der Waals surface area contributed by atoms with E-state index in [1.165, 1.54) is 6.20 Å². The van der Waals surface area contributed by atoms with Gasteiger partial charge in [0.05, 0.1) is 12.5 Å². The molecule has 10 heteroatoms. The smallest absolute Gasteiger partial charge is 0.243 e. The van der Waals surface area contributed by atoms with Crippen LogP contribution in [0.4, 0.5) is 5.82 Å². The van der Waals surface area contributed by atoms with Gasteiger partial charge in [-0.15, -0.1) is 5.10 Å². The molecule has 1 unspecified atom stereocenters. The van der Waals surface area contributed by atoms with Crippen molar-refractivity contribution >= 4 is 21.7 Å². The number of nitrogens with zero attached hydrogens (tertiary/aromatic N) is 3. The zero-order chi connectivity index (χ0) is 14.6. The number of hydrogen-bond donors (Lipinski definition) is 3. The number of carbonyl (C=O) groups excluding carboxylic acids is 1. The normalized spacial score (nSPS) is 19.6. The lowest BCUT2D eigenvalue weighted by molar-refractivity contribution is -0.122. The fraction of sp³-hybridized carbons (Fsp3) is 0.700. The van der Waals surface area contributed by atoms with Crippen molar-refractivity contribution in [2.75, 3.05) is 24.1 Å². The van der Waals surface area contributed by atoms with Gasteiger partial charge in [-0.25, -0.2) is 8.42 Å². The molecule has 0 aliphatic carbocycles. The fourth-order valence-electron chi connectivity index (χ4n) is 1.99. The van der Waals surface area contributed by atoms with E-state index in [-0.39, 0.29) is 24.3 Å². The Hall–Kier alpha value is -1.68. The molecule has 0 spiro atoms. The Kier molecular flexibility index (Phi) is 4.55. The number of nitrogens with one attached hydrogen (secondary N) is 3. The lowest BCUT2D eigenvalue weighted by Crippen LogP contribution is -2.46. The van der Waals surface area contributed by atoms with Crippen LogP contribution in [0.5, 0.6) is 0 Å². The van der Waals surface area contributed by atoms with Crippen molar-refractivity contribution in [2.24, 2.45) is 0 Å². The highest BCUT2D eigenvalue weighted by atomic mass is 32.2. The van der Waals surface area contributed by atoms with E-state index in [9.17, 15) is 13.2 Å². The molecule has 2 heterocycles. The van der Waals surface area contributed by atoms with E-state index < -0.39 is 10.0 Å². The zero-order valence-electron chi connectivity index (χ0n) is 11.2. The molecule has 9 nitrogen and oxygen atoms in total. The monoisotopic (exact) mass is 302 g/mol. The van der Waals surface area contributed by atoms with Crippen LogP contribution in [-0.4, -0.2) is 54.7 Å². The van der Waals surface area contributed by atoms with Gasteiger partial charge in [-0.2, -0.15) is 9.90 Å². The molecule has 1 amide bonds. The number of amides is 1. The van der Waals surface area contributed by atoms with Crippen molar-refractivity contribution < 1.29 is 13.2 Å². The molecular weight excluding hydrogens is 284 g/mol. The van der Waals surface area contributed by atoms with Crippen molar-refractivity contribution in [1.29, 1.82) is 0 Å². The highest BCUT2D eigenvalue weighted by molar-refractivity contribution is 7.92. The van der Waals surface area contributed by atoms with Crippen LogP contribution in [0.15, 0.2) is 6.20 Å². The second kappa shape index (κ2) is 6.18. The molecule has 1 fully saturated rings. The van der Waals surface area contributed by atoms with Crippen molar-refractivity contribution in [3.05, 3.63) is 6.20 Å². The third-order valence-corrected chi connectivity index (χ3v) is 3.35. The van der Waals surface area contributed by atoms with Crippen LogP contribution < -0.4 is 15.4 Å². The Morgan fingerprint density at radius 3 is 3.05 bits per heavy atom. The molecule has 0 bridgehead atoms. The number of aromatic nitrogens is 3. The lowest BCUT2D eigenvalue weighted by Gasteiger charge is -2.23. The minimum Gasteiger partial charge on any atom is -0.350 e. The number of hydrogen-bond acceptors (Lipinski definition) is 6. The Morgan fingerprint density at radius 1 is 1.60 bits per heavy atom. The Bertz CT molecular complexity index is 563. The highest BCUT2D eigenvalue weighted by Crippen LogP contribution is 2.03. The van der Waals surface area contributed by atoms with Crippen LogP contribution in [0.25, 0.3) is 0 Å². The molecule has 20 heavy (non-hydrogen) atoms. The van der Waals surface area contributed by atoms with Crippen LogP contribution in [0, 0.1) is 0 Å². The predicted octanol–water partition coefficient (Wildman–Crippen LogP) is -1.48.